The highest BCUT2D eigenvalue weighted by Gasteiger charge is 2.46. The molecule has 0 amide bonds. The van der Waals surface area contributed by atoms with Crippen molar-refractivity contribution >= 4 is 29.2 Å². The van der Waals surface area contributed by atoms with Crippen molar-refractivity contribution in [2.75, 3.05) is 11.9 Å². The molecule has 1 saturated heterocycles. The zero-order valence-electron chi connectivity index (χ0n) is 21.2. The molecule has 3 aromatic rings. The number of carboxylic acid groups (broad SMARTS) is 1. The molecule has 0 saturated carbocycles. The van der Waals surface area contributed by atoms with Crippen molar-refractivity contribution in [1.82, 2.24) is 20.1 Å². The van der Waals surface area contributed by atoms with Crippen LogP contribution in [-0.2, 0) is 17.8 Å². The smallest absolute Gasteiger partial charge is 0.310 e. The number of halogens is 3. The number of rotatable bonds is 9. The predicted octanol–water partition coefficient (Wildman–Crippen LogP) is 6.29. The fraction of sp³-hybridized carbons (Fsp3) is 0.444. The number of hydrogen-bond acceptors (Lipinski definition) is 5. The Hall–Kier alpha value is -3.04. The molecule has 2 aromatic heterocycles. The maximum Gasteiger partial charge on any atom is 0.310 e. The second-order valence-electron chi connectivity index (χ2n) is 10.1. The summed E-state index contributed by atoms with van der Waals surface area (Å²) in [6.07, 6.45) is 1.22. The maximum absolute atomic E-state index is 14.9. The number of aromatic amines is 1. The Balaban J connectivity index is 1.53. The van der Waals surface area contributed by atoms with Crippen molar-refractivity contribution in [2.24, 2.45) is 5.41 Å². The van der Waals surface area contributed by atoms with Gasteiger partial charge in [-0.05, 0) is 49.9 Å². The highest BCUT2D eigenvalue weighted by molar-refractivity contribution is 6.30. The normalized spacial score (nSPS) is 20.4. The van der Waals surface area contributed by atoms with E-state index in [1.165, 1.54) is 18.2 Å². The van der Waals surface area contributed by atoms with Gasteiger partial charge in [0.15, 0.2) is 5.82 Å². The third-order valence-corrected chi connectivity index (χ3v) is 7.54. The Labute approximate surface area is 220 Å². The number of H-pyrrole nitrogens is 1. The molecule has 0 bridgehead atoms. The van der Waals surface area contributed by atoms with E-state index in [0.29, 0.717) is 43.1 Å². The zero-order chi connectivity index (χ0) is 26.7. The van der Waals surface area contributed by atoms with Crippen LogP contribution in [0.3, 0.4) is 0 Å². The van der Waals surface area contributed by atoms with Crippen molar-refractivity contribution in [2.45, 2.75) is 65.0 Å². The minimum absolute atomic E-state index is 0.0443. The molecule has 10 heteroatoms. The van der Waals surface area contributed by atoms with Crippen LogP contribution in [-0.4, -0.2) is 43.7 Å². The Kier molecular flexibility index (Phi) is 8.14. The van der Waals surface area contributed by atoms with Crippen molar-refractivity contribution in [3.8, 4) is 0 Å². The first-order valence-electron chi connectivity index (χ1n) is 12.5. The lowest BCUT2D eigenvalue weighted by Crippen LogP contribution is -2.50. The molecular formula is C27H32ClF2N5O2. The van der Waals surface area contributed by atoms with Crippen LogP contribution in [0.15, 0.2) is 36.4 Å². The van der Waals surface area contributed by atoms with Crippen LogP contribution in [0, 0.1) is 17.0 Å². The lowest BCUT2D eigenvalue weighted by atomic mass is 9.71. The molecule has 0 spiro atoms. The number of nitrogens with one attached hydrogen (secondary N) is 2. The third-order valence-electron chi connectivity index (χ3n) is 7.25. The number of hydrogen-bond donors (Lipinski definition) is 3. The second kappa shape index (κ2) is 11.1. The Morgan fingerprint density at radius 1 is 1.30 bits per heavy atom. The van der Waals surface area contributed by atoms with Gasteiger partial charge in [-0.15, -0.1) is 0 Å². The molecular weight excluding hydrogens is 500 g/mol. The Morgan fingerprint density at radius 2 is 2.08 bits per heavy atom. The van der Waals surface area contributed by atoms with Gasteiger partial charge in [-0.25, -0.2) is 13.8 Å². The van der Waals surface area contributed by atoms with Crippen LogP contribution in [0.2, 0.25) is 5.02 Å². The van der Waals surface area contributed by atoms with Gasteiger partial charge in [0.2, 0.25) is 0 Å². The maximum atomic E-state index is 14.9. The highest BCUT2D eigenvalue weighted by Crippen LogP contribution is 2.40. The number of aliphatic carboxylic acids is 1. The van der Waals surface area contributed by atoms with E-state index in [0.717, 1.165) is 5.69 Å². The first kappa shape index (κ1) is 27.0. The van der Waals surface area contributed by atoms with Crippen molar-refractivity contribution in [1.29, 1.82) is 0 Å². The number of benzene rings is 1. The molecule has 4 rings (SSSR count). The van der Waals surface area contributed by atoms with Crippen molar-refractivity contribution in [3.05, 3.63) is 70.0 Å². The van der Waals surface area contributed by atoms with Crippen LogP contribution in [0.5, 0.6) is 0 Å². The number of nitrogens with zero attached hydrogens (tertiary/aromatic N) is 3. The van der Waals surface area contributed by atoms with E-state index in [-0.39, 0.29) is 35.5 Å². The standard InChI is InChI=1S/C27H32ClF2N5O2/c1-4-18-13-27(26(36)37,10-11-35(18)15-17-6-5-7-19(28)25(17)30)14-22-20(29)8-9-23(31-22)32-24-12-21(16(2)3)33-34-24/h5-9,12,16,18H,4,10-11,13-15H2,1-3H3,(H,36,37)(H2,31,32,33,34). The van der Waals surface area contributed by atoms with Gasteiger partial charge in [0.05, 0.1) is 16.1 Å². The molecule has 7 nitrogen and oxygen atoms in total. The highest BCUT2D eigenvalue weighted by atomic mass is 35.5. The number of aromatic nitrogens is 3. The predicted molar refractivity (Wildman–Crippen MR) is 139 cm³/mol. The van der Waals surface area contributed by atoms with E-state index in [1.54, 1.807) is 12.1 Å². The zero-order valence-corrected chi connectivity index (χ0v) is 21.9. The summed E-state index contributed by atoms with van der Waals surface area (Å²) in [6, 6.07) is 9.44. The number of carboxylic acids is 1. The van der Waals surface area contributed by atoms with E-state index in [1.807, 2.05) is 26.8 Å². The summed E-state index contributed by atoms with van der Waals surface area (Å²) in [6.45, 7) is 6.81. The van der Waals surface area contributed by atoms with Gasteiger partial charge in [0, 0.05) is 36.3 Å². The second-order valence-corrected chi connectivity index (χ2v) is 10.5. The number of anilines is 2. The monoisotopic (exact) mass is 531 g/mol. The van der Waals surface area contributed by atoms with Gasteiger partial charge in [-0.1, -0.05) is 44.5 Å². The summed E-state index contributed by atoms with van der Waals surface area (Å²) in [4.78, 5) is 19.1. The third kappa shape index (κ3) is 5.93. The van der Waals surface area contributed by atoms with Crippen LogP contribution < -0.4 is 5.32 Å². The fourth-order valence-corrected chi connectivity index (χ4v) is 5.17. The minimum Gasteiger partial charge on any atom is -0.481 e. The summed E-state index contributed by atoms with van der Waals surface area (Å²) in [5, 5.41) is 20.6. The van der Waals surface area contributed by atoms with E-state index in [2.05, 4.69) is 25.4 Å². The van der Waals surface area contributed by atoms with Crippen LogP contribution in [0.1, 0.15) is 62.9 Å². The Morgan fingerprint density at radius 3 is 2.76 bits per heavy atom. The molecule has 2 atom stereocenters. The average Bonchev–Trinajstić information content (AvgIpc) is 3.33. The lowest BCUT2D eigenvalue weighted by Gasteiger charge is -2.44. The summed E-state index contributed by atoms with van der Waals surface area (Å²) in [7, 11) is 0. The number of piperidine rings is 1. The molecule has 1 aliphatic heterocycles. The van der Waals surface area contributed by atoms with E-state index in [9.17, 15) is 18.7 Å². The van der Waals surface area contributed by atoms with E-state index < -0.39 is 23.0 Å². The molecule has 0 radical (unpaired) electrons. The molecule has 37 heavy (non-hydrogen) atoms. The van der Waals surface area contributed by atoms with E-state index in [4.69, 9.17) is 11.6 Å². The minimum atomic E-state index is -1.19. The summed E-state index contributed by atoms with van der Waals surface area (Å²) >= 11 is 5.95. The lowest BCUT2D eigenvalue weighted by molar-refractivity contribution is -0.154. The molecule has 1 aliphatic rings. The molecule has 3 heterocycles. The first-order valence-corrected chi connectivity index (χ1v) is 12.9. The molecule has 1 fully saturated rings. The van der Waals surface area contributed by atoms with Gasteiger partial charge >= 0.3 is 5.97 Å². The fourth-order valence-electron chi connectivity index (χ4n) is 4.98. The quantitative estimate of drug-likeness (QED) is 0.300. The molecule has 198 valence electrons. The van der Waals surface area contributed by atoms with Crippen LogP contribution in [0.4, 0.5) is 20.4 Å². The molecule has 0 aliphatic carbocycles. The largest absolute Gasteiger partial charge is 0.481 e. The Bertz CT molecular complexity index is 1270. The molecule has 2 unspecified atom stereocenters. The SMILES string of the molecule is CCC1CC(Cc2nc(Nc3cc(C(C)C)[nH]n3)ccc2F)(C(=O)O)CCN1Cc1cccc(Cl)c1F. The van der Waals surface area contributed by atoms with Gasteiger partial charge in [-0.3, -0.25) is 14.8 Å². The summed E-state index contributed by atoms with van der Waals surface area (Å²) < 4.78 is 29.4. The summed E-state index contributed by atoms with van der Waals surface area (Å²) in [5.41, 5.74) is 0.327. The molecule has 3 N–H and O–H groups in total. The first-order chi connectivity index (χ1) is 17.6. The number of likely N-dealkylation sites (tertiary alicyclic amines) is 1. The molecule has 1 aromatic carbocycles. The number of carbonyl (C=O) groups is 1. The van der Waals surface area contributed by atoms with E-state index >= 15 is 0 Å². The van der Waals surface area contributed by atoms with Gasteiger partial charge in [0.1, 0.15) is 17.5 Å². The summed E-state index contributed by atoms with van der Waals surface area (Å²) in [5.74, 6) is -0.778. The van der Waals surface area contributed by atoms with Gasteiger partial charge < -0.3 is 10.4 Å². The topological polar surface area (TPSA) is 94.1 Å². The average molecular weight is 532 g/mol. The van der Waals surface area contributed by atoms with Crippen molar-refractivity contribution in [3.63, 3.8) is 0 Å². The van der Waals surface area contributed by atoms with Crippen LogP contribution >= 0.6 is 11.6 Å². The van der Waals surface area contributed by atoms with Gasteiger partial charge in [-0.2, -0.15) is 5.10 Å². The van der Waals surface area contributed by atoms with Crippen molar-refractivity contribution < 1.29 is 18.7 Å². The number of pyridine rings is 1. The van der Waals surface area contributed by atoms with Crippen LogP contribution in [0.25, 0.3) is 0 Å². The van der Waals surface area contributed by atoms with Gasteiger partial charge in [0.25, 0.3) is 0 Å².